The number of phosphoric ester groups is 1. The van der Waals surface area contributed by atoms with Crippen LogP contribution in [0.2, 0.25) is 0 Å². The van der Waals surface area contributed by atoms with Crippen molar-refractivity contribution in [2.24, 2.45) is 0 Å². The van der Waals surface area contributed by atoms with Crippen molar-refractivity contribution in [2.45, 2.75) is 12.8 Å². The fourth-order valence-corrected chi connectivity index (χ4v) is 0.938. The van der Waals surface area contributed by atoms with E-state index in [1.165, 1.54) is 0 Å². The number of carbonyl (C=O) groups is 1. The summed E-state index contributed by atoms with van der Waals surface area (Å²) < 4.78 is 14.3. The van der Waals surface area contributed by atoms with Crippen LogP contribution in [0.5, 0.6) is 0 Å². The summed E-state index contributed by atoms with van der Waals surface area (Å²) in [5.41, 5.74) is 0. The Morgan fingerprint density at radius 1 is 1.42 bits per heavy atom. The first kappa shape index (κ1) is 11.6. The molecule has 12 heavy (non-hydrogen) atoms. The standard InChI is InChI=1S/C5H12NO5P/c7-5-6-3-1-2-4-11-12(8,9)10/h5H,1-4H2,(H,6,7)(H2,8,9,10). The summed E-state index contributed by atoms with van der Waals surface area (Å²) >= 11 is 0. The van der Waals surface area contributed by atoms with Gasteiger partial charge in [0.05, 0.1) is 6.61 Å². The van der Waals surface area contributed by atoms with Crippen molar-refractivity contribution in [1.29, 1.82) is 0 Å². The molecule has 72 valence electrons. The summed E-state index contributed by atoms with van der Waals surface area (Å²) in [5.74, 6) is 0. The number of carbonyl (C=O) groups excluding carboxylic acids is 1. The molecule has 0 fully saturated rings. The summed E-state index contributed by atoms with van der Waals surface area (Å²) in [6, 6.07) is 0. The molecule has 3 N–H and O–H groups in total. The first-order valence-corrected chi connectivity index (χ1v) is 4.96. The van der Waals surface area contributed by atoms with Crippen LogP contribution < -0.4 is 5.32 Å². The van der Waals surface area contributed by atoms with Crippen LogP contribution >= 0.6 is 7.82 Å². The zero-order valence-corrected chi connectivity index (χ0v) is 7.37. The summed E-state index contributed by atoms with van der Waals surface area (Å²) in [7, 11) is -4.31. The van der Waals surface area contributed by atoms with Crippen LogP contribution in [0, 0.1) is 0 Å². The molecule has 0 heterocycles. The van der Waals surface area contributed by atoms with Gasteiger partial charge >= 0.3 is 7.82 Å². The number of phosphoric acid groups is 1. The van der Waals surface area contributed by atoms with E-state index in [-0.39, 0.29) is 6.61 Å². The summed E-state index contributed by atoms with van der Waals surface area (Å²) in [6.07, 6.45) is 1.72. The molecule has 0 saturated heterocycles. The van der Waals surface area contributed by atoms with E-state index in [0.29, 0.717) is 25.8 Å². The summed E-state index contributed by atoms with van der Waals surface area (Å²) in [6.45, 7) is 0.499. The molecule has 0 aliphatic heterocycles. The number of rotatable bonds is 7. The molecule has 7 heteroatoms. The van der Waals surface area contributed by atoms with Crippen LogP contribution in [0.1, 0.15) is 12.8 Å². The molecule has 6 nitrogen and oxygen atoms in total. The Hall–Kier alpha value is -0.420. The van der Waals surface area contributed by atoms with E-state index in [4.69, 9.17) is 9.79 Å². The van der Waals surface area contributed by atoms with Crippen molar-refractivity contribution in [1.82, 2.24) is 5.32 Å². The zero-order chi connectivity index (χ0) is 9.45. The Morgan fingerprint density at radius 3 is 2.58 bits per heavy atom. The molecular weight excluding hydrogens is 185 g/mol. The van der Waals surface area contributed by atoms with Gasteiger partial charge in [0, 0.05) is 6.54 Å². The average molecular weight is 197 g/mol. The molecule has 1 amide bonds. The van der Waals surface area contributed by atoms with Gasteiger partial charge in [-0.3, -0.25) is 9.32 Å². The third-order valence-corrected chi connectivity index (χ3v) is 1.58. The van der Waals surface area contributed by atoms with E-state index in [1.807, 2.05) is 0 Å². The zero-order valence-electron chi connectivity index (χ0n) is 6.47. The van der Waals surface area contributed by atoms with E-state index < -0.39 is 7.82 Å². The van der Waals surface area contributed by atoms with Crippen LogP contribution in [-0.2, 0) is 13.9 Å². The van der Waals surface area contributed by atoms with Crippen LogP contribution in [0.25, 0.3) is 0 Å². The van der Waals surface area contributed by atoms with Crippen molar-refractivity contribution in [3.8, 4) is 0 Å². The second-order valence-corrected chi connectivity index (χ2v) is 3.34. The second kappa shape index (κ2) is 6.14. The lowest BCUT2D eigenvalue weighted by Gasteiger charge is -2.03. The van der Waals surface area contributed by atoms with Crippen molar-refractivity contribution >= 4 is 14.2 Å². The largest absolute Gasteiger partial charge is 0.469 e. The fourth-order valence-electron chi connectivity index (χ4n) is 0.572. The van der Waals surface area contributed by atoms with Crippen LogP contribution in [0.4, 0.5) is 0 Å². The van der Waals surface area contributed by atoms with Gasteiger partial charge in [0.15, 0.2) is 0 Å². The summed E-state index contributed by atoms with van der Waals surface area (Å²) in [4.78, 5) is 26.2. The number of amides is 1. The predicted octanol–water partition coefficient (Wildman–Crippen LogP) is -0.378. The fraction of sp³-hybridized carbons (Fsp3) is 0.800. The molecule has 0 aromatic heterocycles. The van der Waals surface area contributed by atoms with Crippen LogP contribution in [0.3, 0.4) is 0 Å². The second-order valence-electron chi connectivity index (χ2n) is 2.10. The average Bonchev–Trinajstić information content (AvgIpc) is 1.94. The highest BCUT2D eigenvalue weighted by molar-refractivity contribution is 7.46. The van der Waals surface area contributed by atoms with E-state index in [2.05, 4.69) is 9.84 Å². The molecule has 0 unspecified atom stereocenters. The van der Waals surface area contributed by atoms with Gasteiger partial charge in [-0.1, -0.05) is 0 Å². The van der Waals surface area contributed by atoms with Gasteiger partial charge < -0.3 is 15.1 Å². The highest BCUT2D eigenvalue weighted by atomic mass is 31.2. The molecule has 0 atom stereocenters. The predicted molar refractivity (Wildman–Crippen MR) is 41.3 cm³/mol. The minimum Gasteiger partial charge on any atom is -0.359 e. The SMILES string of the molecule is O=CNCCCCOP(=O)(O)O. The van der Waals surface area contributed by atoms with Gasteiger partial charge in [-0.05, 0) is 12.8 Å². The van der Waals surface area contributed by atoms with Gasteiger partial charge in [-0.25, -0.2) is 4.57 Å². The molecule has 0 aliphatic carbocycles. The Kier molecular flexibility index (Phi) is 5.92. The quantitative estimate of drug-likeness (QED) is 0.294. The minimum atomic E-state index is -4.31. The maximum absolute atomic E-state index is 10.1. The van der Waals surface area contributed by atoms with Crippen molar-refractivity contribution in [3.63, 3.8) is 0 Å². The molecular formula is C5H12NO5P. The van der Waals surface area contributed by atoms with Gasteiger partial charge in [0.2, 0.25) is 6.41 Å². The first-order valence-electron chi connectivity index (χ1n) is 3.43. The van der Waals surface area contributed by atoms with Gasteiger partial charge in [-0.2, -0.15) is 0 Å². The van der Waals surface area contributed by atoms with Gasteiger partial charge in [0.25, 0.3) is 0 Å². The molecule has 0 saturated carbocycles. The lowest BCUT2D eigenvalue weighted by atomic mass is 10.3. The van der Waals surface area contributed by atoms with E-state index >= 15 is 0 Å². The van der Waals surface area contributed by atoms with Crippen LogP contribution in [0.15, 0.2) is 0 Å². The lowest BCUT2D eigenvalue weighted by Crippen LogP contribution is -2.12. The highest BCUT2D eigenvalue weighted by Gasteiger charge is 2.11. The Balaban J connectivity index is 3.11. The summed E-state index contributed by atoms with van der Waals surface area (Å²) in [5, 5.41) is 2.42. The topological polar surface area (TPSA) is 95.9 Å². The molecule has 0 rings (SSSR count). The van der Waals surface area contributed by atoms with Gasteiger partial charge in [-0.15, -0.1) is 0 Å². The van der Waals surface area contributed by atoms with Gasteiger partial charge in [0.1, 0.15) is 0 Å². The number of hydrogen-bond donors (Lipinski definition) is 3. The molecule has 0 aromatic carbocycles. The monoisotopic (exact) mass is 197 g/mol. The third-order valence-electron chi connectivity index (χ3n) is 1.06. The molecule has 0 aromatic rings. The minimum absolute atomic E-state index is 0.00478. The third kappa shape index (κ3) is 9.58. The molecule has 0 spiro atoms. The number of unbranched alkanes of at least 4 members (excludes halogenated alkanes) is 1. The van der Waals surface area contributed by atoms with Crippen molar-refractivity contribution < 1.29 is 23.7 Å². The normalized spacial score (nSPS) is 11.2. The maximum atomic E-state index is 10.1. The van der Waals surface area contributed by atoms with E-state index in [1.54, 1.807) is 0 Å². The number of nitrogens with one attached hydrogen (secondary N) is 1. The first-order chi connectivity index (χ1) is 5.56. The molecule has 0 bridgehead atoms. The molecule has 0 aliphatic rings. The Morgan fingerprint density at radius 2 is 2.08 bits per heavy atom. The smallest absolute Gasteiger partial charge is 0.359 e. The van der Waals surface area contributed by atoms with Crippen molar-refractivity contribution in [3.05, 3.63) is 0 Å². The lowest BCUT2D eigenvalue weighted by molar-refractivity contribution is -0.109. The Labute approximate surface area is 70.2 Å². The van der Waals surface area contributed by atoms with E-state index in [0.717, 1.165) is 0 Å². The molecule has 0 radical (unpaired) electrons. The van der Waals surface area contributed by atoms with E-state index in [9.17, 15) is 9.36 Å². The van der Waals surface area contributed by atoms with Crippen LogP contribution in [-0.4, -0.2) is 29.3 Å². The Bertz CT molecular complexity index is 167. The van der Waals surface area contributed by atoms with Crippen molar-refractivity contribution in [2.75, 3.05) is 13.2 Å². The number of hydrogen-bond acceptors (Lipinski definition) is 3. The maximum Gasteiger partial charge on any atom is 0.469 e. The highest BCUT2D eigenvalue weighted by Crippen LogP contribution is 2.35.